The maximum absolute atomic E-state index is 12.1. The summed E-state index contributed by atoms with van der Waals surface area (Å²) in [4.78, 5) is 19.1. The van der Waals surface area contributed by atoms with Crippen molar-refractivity contribution in [3.8, 4) is 0 Å². The molecule has 0 saturated carbocycles. The highest BCUT2D eigenvalue weighted by Gasteiger charge is 2.40. The zero-order valence-electron chi connectivity index (χ0n) is 13.8. The van der Waals surface area contributed by atoms with E-state index in [1.54, 1.807) is 0 Å². The number of rotatable bonds is 4. The first-order chi connectivity index (χ1) is 10.3. The molecule has 0 bridgehead atoms. The van der Waals surface area contributed by atoms with Crippen molar-refractivity contribution in [2.75, 3.05) is 18.1 Å². The first kappa shape index (κ1) is 17.5. The highest BCUT2D eigenvalue weighted by Crippen LogP contribution is 2.33. The topological polar surface area (TPSA) is 42.4 Å². The fourth-order valence-corrected chi connectivity index (χ4v) is 5.50. The van der Waals surface area contributed by atoms with Crippen LogP contribution in [0.4, 0.5) is 5.82 Å². The zero-order chi connectivity index (χ0) is 16.3. The first-order valence-corrected chi connectivity index (χ1v) is 12.2. The van der Waals surface area contributed by atoms with E-state index in [-0.39, 0.29) is 11.9 Å². The van der Waals surface area contributed by atoms with E-state index in [9.17, 15) is 4.79 Å². The molecule has 4 nitrogen and oxygen atoms in total. The highest BCUT2D eigenvalue weighted by atomic mass is 79.9. The van der Waals surface area contributed by atoms with Gasteiger partial charge in [0.25, 0.3) is 0 Å². The van der Waals surface area contributed by atoms with Crippen LogP contribution in [-0.4, -0.2) is 37.8 Å². The molecule has 0 N–H and O–H groups in total. The predicted molar refractivity (Wildman–Crippen MR) is 95.8 cm³/mol. The summed E-state index contributed by atoms with van der Waals surface area (Å²) in [5, 5.41) is 0. The molecule has 1 aromatic rings. The second-order valence-corrected chi connectivity index (χ2v) is 13.2. The molecule has 1 saturated heterocycles. The summed E-state index contributed by atoms with van der Waals surface area (Å²) in [6.45, 7) is 10.3. The summed E-state index contributed by atoms with van der Waals surface area (Å²) in [5.41, 5.74) is 0.407. The Morgan fingerprint density at radius 2 is 2.18 bits per heavy atom. The minimum atomic E-state index is -1.46. The van der Waals surface area contributed by atoms with Gasteiger partial charge in [-0.3, -0.25) is 4.79 Å². The van der Waals surface area contributed by atoms with Crippen LogP contribution in [0.2, 0.25) is 19.6 Å². The molecule has 0 amide bonds. The number of carbonyl (C=O) groups is 1. The normalized spacial score (nSPS) is 22.5. The third-order valence-electron chi connectivity index (χ3n) is 4.23. The van der Waals surface area contributed by atoms with Crippen molar-refractivity contribution < 1.29 is 9.53 Å². The van der Waals surface area contributed by atoms with Gasteiger partial charge in [-0.1, -0.05) is 19.6 Å². The van der Waals surface area contributed by atoms with Gasteiger partial charge in [0.2, 0.25) is 0 Å². The molecular weight excluding hydrogens is 360 g/mol. The van der Waals surface area contributed by atoms with E-state index in [2.05, 4.69) is 51.5 Å². The minimum absolute atomic E-state index is 0.0309. The standard InChI is InChI=1S/C16H25BrN2O2Si/c1-5-21-16(20)12-8-9-19(15(10-12)22(2,3)4)14-7-6-13(17)11-18-14/h6-7,11-12,15H,5,8-10H2,1-4H3. The molecule has 2 rings (SSSR count). The number of aromatic nitrogens is 1. The SMILES string of the molecule is CCOC(=O)C1CCN(c2ccc(Br)cn2)C([Si](C)(C)C)C1. The Morgan fingerprint density at radius 1 is 1.45 bits per heavy atom. The van der Waals surface area contributed by atoms with Crippen molar-refractivity contribution in [3.05, 3.63) is 22.8 Å². The molecule has 1 fully saturated rings. The third-order valence-corrected chi connectivity index (χ3v) is 7.24. The first-order valence-electron chi connectivity index (χ1n) is 7.87. The van der Waals surface area contributed by atoms with Gasteiger partial charge in [0.05, 0.1) is 20.6 Å². The number of ether oxygens (including phenoxy) is 1. The Kier molecular flexibility index (Phi) is 5.66. The molecule has 1 aliphatic rings. The number of anilines is 1. The summed E-state index contributed by atoms with van der Waals surface area (Å²) < 4.78 is 6.22. The predicted octanol–water partition coefficient (Wildman–Crippen LogP) is 3.87. The van der Waals surface area contributed by atoms with E-state index in [0.717, 1.165) is 29.7 Å². The fourth-order valence-electron chi connectivity index (χ4n) is 3.07. The van der Waals surface area contributed by atoms with E-state index >= 15 is 0 Å². The van der Waals surface area contributed by atoms with Crippen molar-refractivity contribution in [3.63, 3.8) is 0 Å². The molecule has 2 unspecified atom stereocenters. The van der Waals surface area contributed by atoms with E-state index in [4.69, 9.17) is 4.74 Å². The molecule has 1 aromatic heterocycles. The Bertz CT molecular complexity index is 516. The lowest BCUT2D eigenvalue weighted by atomic mass is 9.96. The average Bonchev–Trinajstić information content (AvgIpc) is 2.47. The van der Waals surface area contributed by atoms with Gasteiger partial charge in [0.1, 0.15) is 5.82 Å². The van der Waals surface area contributed by atoms with E-state index in [0.29, 0.717) is 12.3 Å². The monoisotopic (exact) mass is 384 g/mol. The van der Waals surface area contributed by atoms with Crippen molar-refractivity contribution in [2.45, 2.75) is 45.1 Å². The quantitative estimate of drug-likeness (QED) is 0.583. The van der Waals surface area contributed by atoms with Crippen LogP contribution in [0, 0.1) is 5.92 Å². The summed E-state index contributed by atoms with van der Waals surface area (Å²) >= 11 is 3.44. The van der Waals surface area contributed by atoms with Crippen molar-refractivity contribution in [1.29, 1.82) is 0 Å². The van der Waals surface area contributed by atoms with Gasteiger partial charge in [0.15, 0.2) is 0 Å². The molecule has 0 aliphatic carbocycles. The number of pyridine rings is 1. The van der Waals surface area contributed by atoms with Gasteiger partial charge >= 0.3 is 5.97 Å². The van der Waals surface area contributed by atoms with Gasteiger partial charge in [-0.05, 0) is 47.8 Å². The van der Waals surface area contributed by atoms with Gasteiger partial charge in [0, 0.05) is 22.9 Å². The van der Waals surface area contributed by atoms with Crippen LogP contribution in [0.3, 0.4) is 0 Å². The molecule has 6 heteroatoms. The molecule has 0 spiro atoms. The third kappa shape index (κ3) is 4.10. The lowest BCUT2D eigenvalue weighted by Gasteiger charge is -2.45. The lowest BCUT2D eigenvalue weighted by Crippen LogP contribution is -2.56. The average molecular weight is 385 g/mol. The maximum atomic E-state index is 12.1. The van der Waals surface area contributed by atoms with Crippen molar-refractivity contribution >= 4 is 35.8 Å². The number of halogens is 1. The Balaban J connectivity index is 2.21. The summed E-state index contributed by atoms with van der Waals surface area (Å²) in [6, 6.07) is 4.09. The minimum Gasteiger partial charge on any atom is -0.466 e. The lowest BCUT2D eigenvalue weighted by molar-refractivity contribution is -0.148. The van der Waals surface area contributed by atoms with Crippen molar-refractivity contribution in [1.82, 2.24) is 4.98 Å². The van der Waals surface area contributed by atoms with Gasteiger partial charge in [-0.25, -0.2) is 4.98 Å². The van der Waals surface area contributed by atoms with Crippen molar-refractivity contribution in [2.24, 2.45) is 5.92 Å². The number of hydrogen-bond acceptors (Lipinski definition) is 4. The summed E-state index contributed by atoms with van der Waals surface area (Å²) in [5.74, 6) is 1.01. The number of hydrogen-bond donors (Lipinski definition) is 0. The fraction of sp³-hybridized carbons (Fsp3) is 0.625. The van der Waals surface area contributed by atoms with Crippen LogP contribution >= 0.6 is 15.9 Å². The maximum Gasteiger partial charge on any atom is 0.309 e. The molecule has 0 aromatic carbocycles. The second-order valence-electron chi connectivity index (χ2n) is 6.88. The molecular formula is C16H25BrN2O2Si. The van der Waals surface area contributed by atoms with Gasteiger partial charge < -0.3 is 9.64 Å². The largest absolute Gasteiger partial charge is 0.466 e. The number of esters is 1. The van der Waals surface area contributed by atoms with Crippen LogP contribution in [0.25, 0.3) is 0 Å². The summed E-state index contributed by atoms with van der Waals surface area (Å²) in [7, 11) is -1.46. The number of piperidine rings is 1. The molecule has 1 aliphatic heterocycles. The van der Waals surface area contributed by atoms with Crippen LogP contribution < -0.4 is 4.90 Å². The Hall–Kier alpha value is -0.883. The van der Waals surface area contributed by atoms with Gasteiger partial charge in [-0.2, -0.15) is 0 Å². The Morgan fingerprint density at radius 3 is 2.73 bits per heavy atom. The molecule has 22 heavy (non-hydrogen) atoms. The van der Waals surface area contributed by atoms with E-state index in [1.165, 1.54) is 0 Å². The van der Waals surface area contributed by atoms with Crippen LogP contribution in [0.5, 0.6) is 0 Å². The highest BCUT2D eigenvalue weighted by molar-refractivity contribution is 9.10. The molecule has 0 radical (unpaired) electrons. The molecule has 122 valence electrons. The van der Waals surface area contributed by atoms with E-state index < -0.39 is 8.07 Å². The zero-order valence-corrected chi connectivity index (χ0v) is 16.4. The summed E-state index contributed by atoms with van der Waals surface area (Å²) in [6.07, 6.45) is 3.57. The van der Waals surface area contributed by atoms with Crippen LogP contribution in [0.15, 0.2) is 22.8 Å². The molecule has 2 heterocycles. The van der Waals surface area contributed by atoms with E-state index in [1.807, 2.05) is 19.2 Å². The number of nitrogens with zero attached hydrogens (tertiary/aromatic N) is 2. The number of carbonyl (C=O) groups excluding carboxylic acids is 1. The van der Waals surface area contributed by atoms with Crippen LogP contribution in [0.1, 0.15) is 19.8 Å². The second kappa shape index (κ2) is 7.13. The van der Waals surface area contributed by atoms with Crippen LogP contribution in [-0.2, 0) is 9.53 Å². The Labute approximate surface area is 142 Å². The van der Waals surface area contributed by atoms with Gasteiger partial charge in [-0.15, -0.1) is 0 Å². The smallest absolute Gasteiger partial charge is 0.309 e. The molecule has 2 atom stereocenters.